The van der Waals surface area contributed by atoms with Gasteiger partial charge in [0.25, 0.3) is 0 Å². The van der Waals surface area contributed by atoms with Crippen molar-refractivity contribution in [1.29, 1.82) is 0 Å². The Morgan fingerprint density at radius 2 is 2.32 bits per heavy atom. The molecule has 0 aromatic carbocycles. The molecule has 2 heterocycles. The highest BCUT2D eigenvalue weighted by Crippen LogP contribution is 2.30. The third-order valence-corrected chi connectivity index (χ3v) is 4.13. The summed E-state index contributed by atoms with van der Waals surface area (Å²) in [6, 6.07) is 0. The van der Waals surface area contributed by atoms with Gasteiger partial charge in [-0.3, -0.25) is 4.79 Å². The van der Waals surface area contributed by atoms with Crippen LogP contribution in [0.4, 0.5) is 0 Å². The van der Waals surface area contributed by atoms with E-state index in [9.17, 15) is 9.90 Å². The molecular formula is C14H20N2O3. The predicted molar refractivity (Wildman–Crippen MR) is 69.2 cm³/mol. The Morgan fingerprint density at radius 3 is 3.05 bits per heavy atom. The minimum Gasteiger partial charge on any atom is -0.481 e. The number of aromatic amines is 1. The number of hydrogen-bond acceptors (Lipinski definition) is 3. The molecule has 5 nitrogen and oxygen atoms in total. The summed E-state index contributed by atoms with van der Waals surface area (Å²) in [5.41, 5.74) is 1.79. The molecule has 2 atom stereocenters. The molecule has 2 aliphatic rings. The first kappa shape index (κ1) is 12.7. The Balaban J connectivity index is 1.68. The topological polar surface area (TPSA) is 75.2 Å². The SMILES string of the molecule is O=C(O)C1CCCc2[nH]c(CCC3CCCO3)nc21. The van der Waals surface area contributed by atoms with Crippen LogP contribution in [0.15, 0.2) is 0 Å². The van der Waals surface area contributed by atoms with E-state index >= 15 is 0 Å². The molecule has 0 spiro atoms. The number of ether oxygens (including phenoxy) is 1. The fourth-order valence-electron chi connectivity index (χ4n) is 3.11. The van der Waals surface area contributed by atoms with Gasteiger partial charge < -0.3 is 14.8 Å². The highest BCUT2D eigenvalue weighted by molar-refractivity contribution is 5.76. The first-order valence-electron chi connectivity index (χ1n) is 7.16. The van der Waals surface area contributed by atoms with Crippen molar-refractivity contribution in [3.8, 4) is 0 Å². The van der Waals surface area contributed by atoms with Crippen LogP contribution in [0.1, 0.15) is 55.2 Å². The van der Waals surface area contributed by atoms with Gasteiger partial charge in [-0.2, -0.15) is 0 Å². The van der Waals surface area contributed by atoms with E-state index in [-0.39, 0.29) is 0 Å². The first-order chi connectivity index (χ1) is 9.24. The van der Waals surface area contributed by atoms with Crippen molar-refractivity contribution in [2.75, 3.05) is 6.61 Å². The summed E-state index contributed by atoms with van der Waals surface area (Å²) in [6.07, 6.45) is 7.03. The van der Waals surface area contributed by atoms with Gasteiger partial charge in [-0.1, -0.05) is 0 Å². The van der Waals surface area contributed by atoms with Crippen molar-refractivity contribution in [2.45, 2.75) is 57.0 Å². The van der Waals surface area contributed by atoms with Gasteiger partial charge >= 0.3 is 5.97 Å². The van der Waals surface area contributed by atoms with Crippen LogP contribution in [-0.2, 0) is 22.4 Å². The predicted octanol–water partition coefficient (Wildman–Crippen LogP) is 2.03. The summed E-state index contributed by atoms with van der Waals surface area (Å²) in [4.78, 5) is 19.1. The van der Waals surface area contributed by atoms with E-state index in [2.05, 4.69) is 9.97 Å². The van der Waals surface area contributed by atoms with Crippen LogP contribution in [0.3, 0.4) is 0 Å². The second kappa shape index (κ2) is 5.33. The molecule has 3 rings (SSSR count). The van der Waals surface area contributed by atoms with Crippen LogP contribution >= 0.6 is 0 Å². The second-order valence-corrected chi connectivity index (χ2v) is 5.50. The quantitative estimate of drug-likeness (QED) is 0.872. The normalized spacial score (nSPS) is 26.3. The molecule has 1 aromatic rings. The Hall–Kier alpha value is -1.36. The van der Waals surface area contributed by atoms with Crippen molar-refractivity contribution < 1.29 is 14.6 Å². The number of hydrogen-bond donors (Lipinski definition) is 2. The van der Waals surface area contributed by atoms with Gasteiger partial charge in [0.1, 0.15) is 11.7 Å². The van der Waals surface area contributed by atoms with Gasteiger partial charge in [-0.05, 0) is 38.5 Å². The Labute approximate surface area is 112 Å². The maximum Gasteiger partial charge on any atom is 0.312 e. The lowest BCUT2D eigenvalue weighted by Gasteiger charge is -2.16. The Morgan fingerprint density at radius 1 is 1.42 bits per heavy atom. The van der Waals surface area contributed by atoms with E-state index in [0.29, 0.717) is 12.5 Å². The molecule has 1 aliphatic carbocycles. The third-order valence-electron chi connectivity index (χ3n) is 4.13. The average Bonchev–Trinajstić information content (AvgIpc) is 3.04. The number of carboxylic acid groups (broad SMARTS) is 1. The number of aromatic nitrogens is 2. The minimum atomic E-state index is -0.752. The zero-order chi connectivity index (χ0) is 13.2. The van der Waals surface area contributed by atoms with Crippen LogP contribution in [0.5, 0.6) is 0 Å². The molecule has 2 N–H and O–H groups in total. The number of fused-ring (bicyclic) bond motifs is 1. The van der Waals surface area contributed by atoms with Crippen molar-refractivity contribution in [3.05, 3.63) is 17.2 Å². The number of aliphatic carboxylic acids is 1. The number of imidazole rings is 1. The van der Waals surface area contributed by atoms with Crippen LogP contribution in [0.25, 0.3) is 0 Å². The van der Waals surface area contributed by atoms with E-state index in [4.69, 9.17) is 4.74 Å². The Kier molecular flexibility index (Phi) is 3.55. The second-order valence-electron chi connectivity index (χ2n) is 5.50. The number of H-pyrrole nitrogens is 1. The number of nitrogens with one attached hydrogen (secondary N) is 1. The van der Waals surface area contributed by atoms with Crippen LogP contribution < -0.4 is 0 Å². The van der Waals surface area contributed by atoms with E-state index in [1.807, 2.05) is 0 Å². The maximum absolute atomic E-state index is 11.2. The molecule has 0 bridgehead atoms. The van der Waals surface area contributed by atoms with E-state index in [0.717, 1.165) is 62.3 Å². The molecule has 1 saturated heterocycles. The smallest absolute Gasteiger partial charge is 0.312 e. The van der Waals surface area contributed by atoms with Gasteiger partial charge in [-0.15, -0.1) is 0 Å². The van der Waals surface area contributed by atoms with Crippen LogP contribution in [0.2, 0.25) is 0 Å². The number of carbonyl (C=O) groups is 1. The van der Waals surface area contributed by atoms with Crippen molar-refractivity contribution >= 4 is 5.97 Å². The third kappa shape index (κ3) is 2.66. The van der Waals surface area contributed by atoms with Crippen molar-refractivity contribution in [1.82, 2.24) is 9.97 Å². The highest BCUT2D eigenvalue weighted by Gasteiger charge is 2.29. The average molecular weight is 264 g/mol. The van der Waals surface area contributed by atoms with Crippen molar-refractivity contribution in [2.24, 2.45) is 0 Å². The summed E-state index contributed by atoms with van der Waals surface area (Å²) < 4.78 is 5.60. The number of aryl methyl sites for hydroxylation is 2. The molecule has 1 aliphatic heterocycles. The molecular weight excluding hydrogens is 244 g/mol. The van der Waals surface area contributed by atoms with Gasteiger partial charge in [0.15, 0.2) is 0 Å². The number of nitrogens with zero attached hydrogens (tertiary/aromatic N) is 1. The summed E-state index contributed by atoms with van der Waals surface area (Å²) >= 11 is 0. The summed E-state index contributed by atoms with van der Waals surface area (Å²) in [6.45, 7) is 0.875. The van der Waals surface area contributed by atoms with Gasteiger partial charge in [0, 0.05) is 18.7 Å². The van der Waals surface area contributed by atoms with Crippen LogP contribution in [0, 0.1) is 0 Å². The van der Waals surface area contributed by atoms with Crippen LogP contribution in [-0.4, -0.2) is 33.8 Å². The molecule has 5 heteroatoms. The zero-order valence-corrected chi connectivity index (χ0v) is 11.0. The molecule has 0 saturated carbocycles. The minimum absolute atomic E-state index is 0.359. The zero-order valence-electron chi connectivity index (χ0n) is 11.0. The van der Waals surface area contributed by atoms with E-state index < -0.39 is 11.9 Å². The maximum atomic E-state index is 11.2. The molecule has 0 radical (unpaired) electrons. The lowest BCUT2D eigenvalue weighted by Crippen LogP contribution is -2.17. The molecule has 2 unspecified atom stereocenters. The summed E-state index contributed by atoms with van der Waals surface area (Å²) in [5, 5.41) is 9.22. The molecule has 0 amide bonds. The molecule has 1 fully saturated rings. The molecule has 19 heavy (non-hydrogen) atoms. The fourth-order valence-corrected chi connectivity index (χ4v) is 3.11. The Bertz CT molecular complexity index is 463. The van der Waals surface area contributed by atoms with E-state index in [1.165, 1.54) is 0 Å². The first-order valence-corrected chi connectivity index (χ1v) is 7.16. The van der Waals surface area contributed by atoms with Gasteiger partial charge in [0.2, 0.25) is 0 Å². The van der Waals surface area contributed by atoms with Crippen molar-refractivity contribution in [3.63, 3.8) is 0 Å². The summed E-state index contributed by atoms with van der Waals surface area (Å²) in [7, 11) is 0. The fraction of sp³-hybridized carbons (Fsp3) is 0.714. The lowest BCUT2D eigenvalue weighted by atomic mass is 9.90. The van der Waals surface area contributed by atoms with Gasteiger partial charge in [0.05, 0.1) is 11.8 Å². The highest BCUT2D eigenvalue weighted by atomic mass is 16.5. The molecule has 1 aromatic heterocycles. The lowest BCUT2D eigenvalue weighted by molar-refractivity contribution is -0.139. The summed E-state index contributed by atoms with van der Waals surface area (Å²) in [5.74, 6) is -0.247. The van der Waals surface area contributed by atoms with Gasteiger partial charge in [-0.25, -0.2) is 4.98 Å². The number of rotatable bonds is 4. The monoisotopic (exact) mass is 264 g/mol. The van der Waals surface area contributed by atoms with E-state index in [1.54, 1.807) is 0 Å². The standard InChI is InChI=1S/C14H20N2O3/c17-14(18)10-4-1-5-11-13(10)16-12(15-11)7-6-9-3-2-8-19-9/h9-10H,1-8H2,(H,15,16)(H,17,18). The largest absolute Gasteiger partial charge is 0.481 e. The molecule has 104 valence electrons. The number of carboxylic acids is 1.